The van der Waals surface area contributed by atoms with E-state index in [9.17, 15) is 14.0 Å². The Morgan fingerprint density at radius 2 is 1.47 bits per heavy atom. The fourth-order valence-electron chi connectivity index (χ4n) is 5.13. The highest BCUT2D eigenvalue weighted by atomic mass is 19.1. The number of carboxylic acids is 1. The molecule has 0 unspecified atom stereocenters. The molecule has 6 N–H and O–H groups in total. The van der Waals surface area contributed by atoms with Crippen LogP contribution in [0, 0.1) is 18.2 Å². The summed E-state index contributed by atoms with van der Waals surface area (Å²) in [6.45, 7) is 4.82. The van der Waals surface area contributed by atoms with Crippen LogP contribution in [0.1, 0.15) is 47.3 Å². The van der Waals surface area contributed by atoms with Crippen LogP contribution in [0.3, 0.4) is 0 Å². The summed E-state index contributed by atoms with van der Waals surface area (Å²) in [4.78, 5) is 22.2. The maximum Gasteiger partial charge on any atom is 0.303 e. The number of fused-ring (bicyclic) bond motifs is 1. The van der Waals surface area contributed by atoms with Crippen LogP contribution in [0.2, 0.25) is 0 Å². The van der Waals surface area contributed by atoms with Gasteiger partial charge < -0.3 is 31.5 Å². The molecule has 0 atom stereocenters. The van der Waals surface area contributed by atoms with E-state index in [-0.39, 0.29) is 17.7 Å². The molecule has 0 aromatic heterocycles. The minimum Gasteiger partial charge on any atom is -0.496 e. The number of primary amides is 1. The minimum atomic E-state index is -0.830. The van der Waals surface area contributed by atoms with E-state index in [0.717, 1.165) is 45.0 Å². The van der Waals surface area contributed by atoms with E-state index >= 15 is 0 Å². The molecule has 0 aliphatic carbocycles. The number of hydrogen-bond acceptors (Lipinski definition) is 6. The van der Waals surface area contributed by atoms with Crippen molar-refractivity contribution in [2.24, 2.45) is 11.5 Å². The molecule has 0 radical (unpaired) electrons. The zero-order valence-electron chi connectivity index (χ0n) is 24.9. The van der Waals surface area contributed by atoms with Crippen LogP contribution in [-0.4, -0.2) is 36.9 Å². The van der Waals surface area contributed by atoms with Crippen LogP contribution in [0.4, 0.5) is 4.39 Å². The standard InChI is InChI=1S/C21H20O4.C13H16FN3O/c1-24-18-10-5-11-19(25-2)21(18)17-9-4-7-15-14(12-13-20(22)23)6-3-8-16(15)17;1-6-9(12(7(2)15)8(3)16)4-5-10(14)11(6)13(17)18/h3-11H,12-13H2,1-2H3,(H,22,23);4-5,15H,16H2,1-3H3,(H2,17,18)/b;12-8+,15-7?. The lowest BCUT2D eigenvalue weighted by molar-refractivity contribution is -0.136. The highest BCUT2D eigenvalue weighted by Crippen LogP contribution is 2.42. The van der Waals surface area contributed by atoms with Gasteiger partial charge in [-0.15, -0.1) is 0 Å². The van der Waals surface area contributed by atoms with Crippen LogP contribution < -0.4 is 20.9 Å². The van der Waals surface area contributed by atoms with E-state index in [0.29, 0.717) is 28.8 Å². The first-order chi connectivity index (χ1) is 20.4. The Morgan fingerprint density at radius 3 is 2.00 bits per heavy atom. The zero-order valence-corrected chi connectivity index (χ0v) is 24.9. The summed E-state index contributed by atoms with van der Waals surface area (Å²) >= 11 is 0. The maximum atomic E-state index is 13.5. The second-order valence-corrected chi connectivity index (χ2v) is 9.89. The molecule has 8 nitrogen and oxygen atoms in total. The summed E-state index contributed by atoms with van der Waals surface area (Å²) < 4.78 is 24.6. The molecule has 0 saturated heterocycles. The number of halogens is 1. The fraction of sp³-hybridized carbons (Fsp3) is 0.206. The number of aryl methyl sites for hydroxylation is 1. The lowest BCUT2D eigenvalue weighted by atomic mass is 9.92. The van der Waals surface area contributed by atoms with Crippen LogP contribution in [0.25, 0.3) is 27.5 Å². The molecule has 4 rings (SSSR count). The predicted molar refractivity (Wildman–Crippen MR) is 168 cm³/mol. The quantitative estimate of drug-likeness (QED) is 0.165. The largest absolute Gasteiger partial charge is 0.496 e. The Morgan fingerprint density at radius 1 is 0.884 bits per heavy atom. The summed E-state index contributed by atoms with van der Waals surface area (Å²) in [5.74, 6) is -0.811. The molecule has 0 saturated carbocycles. The Bertz CT molecular complexity index is 1700. The zero-order chi connectivity index (χ0) is 31.8. The number of carbonyl (C=O) groups excluding carboxylic acids is 1. The molecule has 224 valence electrons. The Kier molecular flexibility index (Phi) is 10.6. The topological polar surface area (TPSA) is 149 Å². The molecule has 0 aliphatic rings. The van der Waals surface area contributed by atoms with Gasteiger partial charge in [-0.2, -0.15) is 0 Å². The average molecular weight is 586 g/mol. The SMILES string of the molecule is CC(=N)/C(=C(/C)N)c1ccc(F)c(C(N)=O)c1C.COc1cccc(OC)c1-c1cccc2c(CCC(=O)O)cccc12. The molecule has 0 bridgehead atoms. The number of amides is 1. The van der Waals surface area contributed by atoms with Crippen molar-refractivity contribution in [1.82, 2.24) is 0 Å². The van der Waals surface area contributed by atoms with E-state index in [2.05, 4.69) is 0 Å². The van der Waals surface area contributed by atoms with Gasteiger partial charge in [0, 0.05) is 23.4 Å². The van der Waals surface area contributed by atoms with Crippen molar-refractivity contribution in [2.75, 3.05) is 14.2 Å². The van der Waals surface area contributed by atoms with E-state index < -0.39 is 17.7 Å². The number of ether oxygens (including phenoxy) is 2. The van der Waals surface area contributed by atoms with Crippen molar-refractivity contribution < 1.29 is 28.6 Å². The van der Waals surface area contributed by atoms with Gasteiger partial charge in [-0.3, -0.25) is 9.59 Å². The predicted octanol–water partition coefficient (Wildman–Crippen LogP) is 6.50. The van der Waals surface area contributed by atoms with Gasteiger partial charge >= 0.3 is 5.97 Å². The molecule has 4 aromatic carbocycles. The normalized spacial score (nSPS) is 11.2. The highest BCUT2D eigenvalue weighted by molar-refractivity contribution is 6.22. The summed E-state index contributed by atoms with van der Waals surface area (Å²) in [6, 6.07) is 20.4. The third kappa shape index (κ3) is 7.19. The molecule has 1 amide bonds. The van der Waals surface area contributed by atoms with E-state index in [1.807, 2.05) is 54.6 Å². The van der Waals surface area contributed by atoms with Crippen LogP contribution in [-0.2, 0) is 11.2 Å². The highest BCUT2D eigenvalue weighted by Gasteiger charge is 2.19. The summed E-state index contributed by atoms with van der Waals surface area (Å²) in [6.07, 6.45) is 0.612. The van der Waals surface area contributed by atoms with Gasteiger partial charge in [-0.25, -0.2) is 4.39 Å². The second-order valence-electron chi connectivity index (χ2n) is 9.89. The number of hydrogen-bond donors (Lipinski definition) is 4. The van der Waals surface area contributed by atoms with Gasteiger partial charge in [0.25, 0.3) is 5.91 Å². The number of carbonyl (C=O) groups is 2. The van der Waals surface area contributed by atoms with Crippen LogP contribution in [0.15, 0.2) is 72.4 Å². The number of methoxy groups -OCH3 is 2. The Labute approximate surface area is 250 Å². The number of benzene rings is 4. The summed E-state index contributed by atoms with van der Waals surface area (Å²) in [5.41, 5.74) is 15.8. The van der Waals surface area contributed by atoms with Crippen molar-refractivity contribution in [3.8, 4) is 22.6 Å². The fourth-order valence-corrected chi connectivity index (χ4v) is 5.13. The van der Waals surface area contributed by atoms with Gasteiger partial charge in [0.15, 0.2) is 0 Å². The van der Waals surface area contributed by atoms with Gasteiger partial charge in [0.1, 0.15) is 17.3 Å². The first-order valence-corrected chi connectivity index (χ1v) is 13.5. The number of rotatable bonds is 9. The van der Waals surface area contributed by atoms with Crippen LogP contribution in [0.5, 0.6) is 11.5 Å². The number of nitrogens with two attached hydrogens (primary N) is 2. The molecule has 9 heteroatoms. The van der Waals surface area contributed by atoms with Gasteiger partial charge in [-0.05, 0) is 78.4 Å². The van der Waals surface area contributed by atoms with Crippen molar-refractivity contribution in [2.45, 2.75) is 33.6 Å². The Balaban J connectivity index is 0.000000250. The third-order valence-electron chi connectivity index (χ3n) is 7.02. The number of nitrogens with one attached hydrogen (secondary N) is 1. The molecule has 0 aliphatic heterocycles. The Hall–Kier alpha value is -5.18. The third-order valence-corrected chi connectivity index (χ3v) is 7.02. The molecule has 0 fully saturated rings. The number of aliphatic carboxylic acids is 1. The second kappa shape index (κ2) is 14.1. The first-order valence-electron chi connectivity index (χ1n) is 13.5. The lowest BCUT2D eigenvalue weighted by Crippen LogP contribution is -2.17. The van der Waals surface area contributed by atoms with Crippen LogP contribution >= 0.6 is 0 Å². The van der Waals surface area contributed by atoms with Crippen molar-refractivity contribution >= 4 is 33.9 Å². The van der Waals surface area contributed by atoms with Gasteiger partial charge in [-0.1, -0.05) is 48.5 Å². The lowest BCUT2D eigenvalue weighted by Gasteiger charge is -2.16. The summed E-state index contributed by atoms with van der Waals surface area (Å²) in [7, 11) is 3.28. The van der Waals surface area contributed by atoms with Gasteiger partial charge in [0.05, 0.1) is 25.3 Å². The molecule has 43 heavy (non-hydrogen) atoms. The van der Waals surface area contributed by atoms with Crippen molar-refractivity contribution in [3.05, 3.63) is 100 Å². The monoisotopic (exact) mass is 585 g/mol. The van der Waals surface area contributed by atoms with E-state index in [1.54, 1.807) is 35.0 Å². The summed E-state index contributed by atoms with van der Waals surface area (Å²) in [5, 5.41) is 18.8. The number of allylic oxidation sites excluding steroid dienone is 2. The number of carboxylic acid groups (broad SMARTS) is 1. The maximum absolute atomic E-state index is 13.5. The van der Waals surface area contributed by atoms with Gasteiger partial charge in [0.2, 0.25) is 0 Å². The van der Waals surface area contributed by atoms with Crippen molar-refractivity contribution in [3.63, 3.8) is 0 Å². The van der Waals surface area contributed by atoms with Crippen molar-refractivity contribution in [1.29, 1.82) is 5.41 Å². The molecular formula is C34H36FN3O5. The smallest absolute Gasteiger partial charge is 0.303 e. The molecule has 4 aromatic rings. The molecule has 0 spiro atoms. The first kappa shape index (κ1) is 32.3. The average Bonchev–Trinajstić information content (AvgIpc) is 2.96. The molecule has 0 heterocycles. The van der Waals surface area contributed by atoms with E-state index in [4.69, 9.17) is 31.5 Å². The minimum absolute atomic E-state index is 0.112. The molecular weight excluding hydrogens is 549 g/mol. The van der Waals surface area contributed by atoms with E-state index in [1.165, 1.54) is 6.07 Å².